The van der Waals surface area contributed by atoms with E-state index in [-0.39, 0.29) is 17.7 Å². The van der Waals surface area contributed by atoms with Gasteiger partial charge in [-0.3, -0.25) is 0 Å². The molecule has 3 nitrogen and oxygen atoms in total. The summed E-state index contributed by atoms with van der Waals surface area (Å²) in [6.45, 7) is 0. The van der Waals surface area contributed by atoms with Gasteiger partial charge in [-0.2, -0.15) is 0 Å². The van der Waals surface area contributed by atoms with E-state index in [4.69, 9.17) is 15.2 Å². The summed E-state index contributed by atoms with van der Waals surface area (Å²) in [6.07, 6.45) is 5.51. The molecule has 104 valence electrons. The topological polar surface area (TPSA) is 44.5 Å². The molecule has 0 saturated heterocycles. The highest BCUT2D eigenvalue weighted by Crippen LogP contribution is 2.46. The van der Waals surface area contributed by atoms with Crippen LogP contribution in [-0.2, 0) is 4.74 Å². The Labute approximate surface area is 122 Å². The molecule has 3 atom stereocenters. The molecule has 1 spiro atoms. The van der Waals surface area contributed by atoms with Gasteiger partial charge in [0.05, 0.1) is 6.10 Å². The lowest BCUT2D eigenvalue weighted by Crippen LogP contribution is -2.54. The van der Waals surface area contributed by atoms with E-state index in [9.17, 15) is 0 Å². The normalized spacial score (nSPS) is 33.8. The van der Waals surface area contributed by atoms with E-state index in [1.807, 2.05) is 12.1 Å². The second kappa shape index (κ2) is 5.08. The van der Waals surface area contributed by atoms with Crippen LogP contribution in [0.25, 0.3) is 0 Å². The van der Waals surface area contributed by atoms with Gasteiger partial charge in [0.15, 0.2) is 0 Å². The minimum atomic E-state index is -0.229. The van der Waals surface area contributed by atoms with Gasteiger partial charge < -0.3 is 15.2 Å². The van der Waals surface area contributed by atoms with Crippen LogP contribution in [0.4, 0.5) is 0 Å². The lowest BCUT2D eigenvalue weighted by molar-refractivity contribution is -0.114. The highest BCUT2D eigenvalue weighted by atomic mass is 79.9. The molecule has 19 heavy (non-hydrogen) atoms. The molecule has 2 unspecified atom stereocenters. The SMILES string of the molecule is COC1CCCCC12C[C@@H](N)c1cc(Br)ccc1O2. The molecule has 2 aliphatic rings. The summed E-state index contributed by atoms with van der Waals surface area (Å²) in [5.41, 5.74) is 7.25. The zero-order valence-electron chi connectivity index (χ0n) is 11.2. The number of halogens is 1. The van der Waals surface area contributed by atoms with Gasteiger partial charge in [0, 0.05) is 29.6 Å². The lowest BCUT2D eigenvalue weighted by Gasteiger charge is -2.47. The molecule has 1 aromatic carbocycles. The van der Waals surface area contributed by atoms with Crippen LogP contribution in [0.1, 0.15) is 43.7 Å². The van der Waals surface area contributed by atoms with Crippen LogP contribution in [-0.4, -0.2) is 18.8 Å². The van der Waals surface area contributed by atoms with E-state index in [2.05, 4.69) is 22.0 Å². The first-order valence-electron chi connectivity index (χ1n) is 6.91. The largest absolute Gasteiger partial charge is 0.484 e. The van der Waals surface area contributed by atoms with Crippen molar-refractivity contribution in [1.29, 1.82) is 0 Å². The molecule has 4 heteroatoms. The van der Waals surface area contributed by atoms with Crippen molar-refractivity contribution < 1.29 is 9.47 Å². The predicted molar refractivity (Wildman–Crippen MR) is 78.3 cm³/mol. The molecule has 1 aromatic rings. The van der Waals surface area contributed by atoms with Crippen molar-refractivity contribution in [1.82, 2.24) is 0 Å². The molecule has 0 radical (unpaired) electrons. The van der Waals surface area contributed by atoms with Crippen molar-refractivity contribution in [3.63, 3.8) is 0 Å². The molecule has 0 aromatic heterocycles. The summed E-state index contributed by atoms with van der Waals surface area (Å²) in [4.78, 5) is 0. The van der Waals surface area contributed by atoms with E-state index in [0.29, 0.717) is 0 Å². The first-order valence-corrected chi connectivity index (χ1v) is 7.71. The van der Waals surface area contributed by atoms with Crippen molar-refractivity contribution in [2.75, 3.05) is 7.11 Å². The fraction of sp³-hybridized carbons (Fsp3) is 0.600. The average Bonchev–Trinajstić information content (AvgIpc) is 2.40. The Bertz CT molecular complexity index is 479. The maximum Gasteiger partial charge on any atom is 0.137 e. The number of hydrogen-bond donors (Lipinski definition) is 1. The highest BCUT2D eigenvalue weighted by molar-refractivity contribution is 9.10. The van der Waals surface area contributed by atoms with Gasteiger partial charge in [0.1, 0.15) is 11.4 Å². The van der Waals surface area contributed by atoms with Crippen LogP contribution in [0.5, 0.6) is 5.75 Å². The molecule has 1 aliphatic carbocycles. The standard InChI is InChI=1S/C15H20BrNO2/c1-18-14-4-2-3-7-15(14)9-12(17)11-8-10(16)5-6-13(11)19-15/h5-6,8,12,14H,2-4,7,9,17H2,1H3/t12-,14?,15?/m1/s1. The Morgan fingerprint density at radius 2 is 2.26 bits per heavy atom. The van der Waals surface area contributed by atoms with Crippen molar-refractivity contribution in [2.45, 2.75) is 49.9 Å². The van der Waals surface area contributed by atoms with Crippen LogP contribution >= 0.6 is 15.9 Å². The van der Waals surface area contributed by atoms with Gasteiger partial charge in [-0.05, 0) is 37.5 Å². The summed E-state index contributed by atoms with van der Waals surface area (Å²) in [6, 6.07) is 6.12. The lowest BCUT2D eigenvalue weighted by atomic mass is 9.75. The number of nitrogens with two attached hydrogens (primary N) is 1. The van der Waals surface area contributed by atoms with Crippen LogP contribution in [0.2, 0.25) is 0 Å². The number of ether oxygens (including phenoxy) is 2. The fourth-order valence-corrected chi connectivity index (χ4v) is 3.88. The third-order valence-electron chi connectivity index (χ3n) is 4.44. The van der Waals surface area contributed by atoms with Crippen LogP contribution in [0.3, 0.4) is 0 Å². The molecule has 3 rings (SSSR count). The van der Waals surface area contributed by atoms with E-state index < -0.39 is 0 Å². The summed E-state index contributed by atoms with van der Waals surface area (Å²) < 4.78 is 13.1. The van der Waals surface area contributed by atoms with Crippen molar-refractivity contribution in [2.24, 2.45) is 5.73 Å². The summed E-state index contributed by atoms with van der Waals surface area (Å²) >= 11 is 3.50. The minimum absolute atomic E-state index is 0.0250. The van der Waals surface area contributed by atoms with Crippen LogP contribution < -0.4 is 10.5 Å². The van der Waals surface area contributed by atoms with Gasteiger partial charge >= 0.3 is 0 Å². The van der Waals surface area contributed by atoms with E-state index >= 15 is 0 Å². The Morgan fingerprint density at radius 1 is 1.42 bits per heavy atom. The summed E-state index contributed by atoms with van der Waals surface area (Å²) in [5.74, 6) is 0.922. The monoisotopic (exact) mass is 325 g/mol. The molecule has 1 heterocycles. The quantitative estimate of drug-likeness (QED) is 0.858. The van der Waals surface area contributed by atoms with Gasteiger partial charge in [-0.25, -0.2) is 0 Å². The maximum absolute atomic E-state index is 6.38. The minimum Gasteiger partial charge on any atom is -0.484 e. The van der Waals surface area contributed by atoms with Crippen LogP contribution in [0.15, 0.2) is 22.7 Å². The number of hydrogen-bond acceptors (Lipinski definition) is 3. The van der Waals surface area contributed by atoms with Crippen molar-refractivity contribution >= 4 is 15.9 Å². The second-order valence-electron chi connectivity index (χ2n) is 5.63. The third kappa shape index (κ3) is 2.30. The van der Waals surface area contributed by atoms with Gasteiger partial charge in [-0.1, -0.05) is 22.4 Å². The van der Waals surface area contributed by atoms with E-state index in [1.165, 1.54) is 12.8 Å². The maximum atomic E-state index is 6.38. The van der Waals surface area contributed by atoms with Crippen LogP contribution in [0, 0.1) is 0 Å². The second-order valence-corrected chi connectivity index (χ2v) is 6.55. The zero-order chi connectivity index (χ0) is 13.5. The van der Waals surface area contributed by atoms with Gasteiger partial charge in [0.25, 0.3) is 0 Å². The van der Waals surface area contributed by atoms with Gasteiger partial charge in [-0.15, -0.1) is 0 Å². The fourth-order valence-electron chi connectivity index (χ4n) is 3.51. The van der Waals surface area contributed by atoms with E-state index in [1.54, 1.807) is 7.11 Å². The zero-order valence-corrected chi connectivity index (χ0v) is 12.8. The molecular weight excluding hydrogens is 306 g/mol. The Hall–Kier alpha value is -0.580. The summed E-state index contributed by atoms with van der Waals surface area (Å²) in [7, 11) is 1.78. The number of benzene rings is 1. The van der Waals surface area contributed by atoms with Gasteiger partial charge in [0.2, 0.25) is 0 Å². The summed E-state index contributed by atoms with van der Waals surface area (Å²) in [5, 5.41) is 0. The first kappa shape index (κ1) is 13.4. The molecule has 2 N–H and O–H groups in total. The number of methoxy groups -OCH3 is 1. The molecule has 1 saturated carbocycles. The Balaban J connectivity index is 1.97. The smallest absolute Gasteiger partial charge is 0.137 e. The predicted octanol–water partition coefficient (Wildman–Crippen LogP) is 3.56. The highest BCUT2D eigenvalue weighted by Gasteiger charge is 2.47. The molecule has 0 bridgehead atoms. The average molecular weight is 326 g/mol. The molecule has 1 fully saturated rings. The molecule has 1 aliphatic heterocycles. The molecule has 0 amide bonds. The first-order chi connectivity index (χ1) is 9.14. The number of fused-ring (bicyclic) bond motifs is 1. The van der Waals surface area contributed by atoms with E-state index in [0.717, 1.165) is 35.0 Å². The Kier molecular flexibility index (Phi) is 3.58. The third-order valence-corrected chi connectivity index (χ3v) is 4.93. The van der Waals surface area contributed by atoms with Crippen molar-refractivity contribution in [3.8, 4) is 5.75 Å². The van der Waals surface area contributed by atoms with Crippen molar-refractivity contribution in [3.05, 3.63) is 28.2 Å². The molecular formula is C15H20BrNO2. The Morgan fingerprint density at radius 3 is 3.05 bits per heavy atom. The number of rotatable bonds is 1.